The van der Waals surface area contributed by atoms with Crippen molar-refractivity contribution in [3.05, 3.63) is 54.1 Å². The molecular weight excluding hydrogens is 542 g/mol. The lowest BCUT2D eigenvalue weighted by atomic mass is 9.97. The van der Waals surface area contributed by atoms with Gasteiger partial charge in [-0.2, -0.15) is 0 Å². The van der Waals surface area contributed by atoms with Gasteiger partial charge in [0.1, 0.15) is 24.2 Å². The summed E-state index contributed by atoms with van der Waals surface area (Å²) in [5.74, 6) is -3.54. The van der Waals surface area contributed by atoms with E-state index < -0.39 is 59.8 Å². The van der Waals surface area contributed by atoms with Gasteiger partial charge in [0.25, 0.3) is 0 Å². The lowest BCUT2D eigenvalue weighted by Gasteiger charge is -2.31. The number of nitrogens with two attached hydrogens (primary N) is 1. The molecule has 7 N–H and O–H groups in total. The summed E-state index contributed by atoms with van der Waals surface area (Å²) in [5, 5.41) is 17.8. The molecule has 2 aromatic rings. The van der Waals surface area contributed by atoms with Crippen LogP contribution in [0.2, 0.25) is 0 Å². The fourth-order valence-corrected chi connectivity index (χ4v) is 4.89. The number of carbonyl (C=O) groups is 5. The molecule has 1 aromatic heterocycles. The highest BCUT2D eigenvalue weighted by Crippen LogP contribution is 2.20. The van der Waals surface area contributed by atoms with Crippen LogP contribution < -0.4 is 21.7 Å². The maximum atomic E-state index is 13.9. The number of rotatable bonds is 14. The van der Waals surface area contributed by atoms with E-state index >= 15 is 0 Å². The Kier molecular flexibility index (Phi) is 11.6. The molecule has 4 amide bonds. The third-order valence-electron chi connectivity index (χ3n) is 7.54. The number of imidazole rings is 1. The Labute approximate surface area is 245 Å². The molecule has 42 heavy (non-hydrogen) atoms. The van der Waals surface area contributed by atoms with Gasteiger partial charge in [0.15, 0.2) is 0 Å². The smallest absolute Gasteiger partial charge is 0.326 e. The SMILES string of the molecule is CC[C@H](C)[C@H](NC(=O)[C@H](C)N)C(=O)N[C@@H](Cc1cnc[nH]1)C(=O)N1CCC[C@H]1C(=O)N[C@@H](Cc1ccccc1)C(=O)O. The van der Waals surface area contributed by atoms with E-state index in [-0.39, 0.29) is 25.3 Å². The Morgan fingerprint density at radius 3 is 2.36 bits per heavy atom. The summed E-state index contributed by atoms with van der Waals surface area (Å²) in [6, 6.07) is 4.02. The molecule has 0 spiro atoms. The Balaban J connectivity index is 1.79. The fraction of sp³-hybridized carbons (Fsp3) is 0.517. The third kappa shape index (κ3) is 8.62. The van der Waals surface area contributed by atoms with Crippen molar-refractivity contribution in [2.45, 2.75) is 83.1 Å². The van der Waals surface area contributed by atoms with Crippen molar-refractivity contribution in [1.82, 2.24) is 30.8 Å². The average Bonchev–Trinajstić information content (AvgIpc) is 3.67. The monoisotopic (exact) mass is 583 g/mol. The zero-order valence-corrected chi connectivity index (χ0v) is 24.2. The molecule has 0 aliphatic carbocycles. The first kappa shape index (κ1) is 32.3. The van der Waals surface area contributed by atoms with Crippen LogP contribution in [0, 0.1) is 5.92 Å². The topological polar surface area (TPSA) is 200 Å². The van der Waals surface area contributed by atoms with E-state index in [0.29, 0.717) is 25.0 Å². The first-order valence-electron chi connectivity index (χ1n) is 14.2. The number of hydrogen-bond donors (Lipinski definition) is 6. The molecular formula is C29H41N7O6. The summed E-state index contributed by atoms with van der Waals surface area (Å²) < 4.78 is 0. The number of carboxylic acid groups (broad SMARTS) is 1. The van der Waals surface area contributed by atoms with Gasteiger partial charge in [-0.3, -0.25) is 19.2 Å². The van der Waals surface area contributed by atoms with Crippen LogP contribution in [0.4, 0.5) is 0 Å². The summed E-state index contributed by atoms with van der Waals surface area (Å²) in [6.07, 6.45) is 4.60. The third-order valence-corrected chi connectivity index (χ3v) is 7.54. The maximum absolute atomic E-state index is 13.9. The largest absolute Gasteiger partial charge is 0.480 e. The fourth-order valence-electron chi connectivity index (χ4n) is 4.89. The molecule has 1 saturated heterocycles. The molecule has 0 radical (unpaired) electrons. The van der Waals surface area contributed by atoms with E-state index in [4.69, 9.17) is 5.73 Å². The van der Waals surface area contributed by atoms with Crippen LogP contribution in [0.15, 0.2) is 42.9 Å². The predicted molar refractivity (Wildman–Crippen MR) is 154 cm³/mol. The molecule has 1 fully saturated rings. The highest BCUT2D eigenvalue weighted by atomic mass is 16.4. The van der Waals surface area contributed by atoms with Crippen molar-refractivity contribution >= 4 is 29.6 Å². The molecule has 0 bridgehead atoms. The van der Waals surface area contributed by atoms with Crippen molar-refractivity contribution in [2.75, 3.05) is 6.54 Å². The second-order valence-corrected chi connectivity index (χ2v) is 10.8. The highest BCUT2D eigenvalue weighted by molar-refractivity contribution is 5.96. The van der Waals surface area contributed by atoms with E-state index in [2.05, 4.69) is 25.9 Å². The normalized spacial score (nSPS) is 18.3. The Bertz CT molecular complexity index is 1220. The molecule has 1 aromatic carbocycles. The lowest BCUT2D eigenvalue weighted by molar-refractivity contribution is -0.145. The molecule has 0 unspecified atom stereocenters. The van der Waals surface area contributed by atoms with Gasteiger partial charge in [-0.25, -0.2) is 9.78 Å². The number of nitrogens with one attached hydrogen (secondary N) is 4. The van der Waals surface area contributed by atoms with Gasteiger partial charge >= 0.3 is 5.97 Å². The van der Waals surface area contributed by atoms with Gasteiger partial charge in [-0.05, 0) is 31.2 Å². The van der Waals surface area contributed by atoms with Crippen LogP contribution >= 0.6 is 0 Å². The second-order valence-electron chi connectivity index (χ2n) is 10.8. The molecule has 0 saturated carbocycles. The molecule has 3 rings (SSSR count). The van der Waals surface area contributed by atoms with E-state index in [9.17, 15) is 29.1 Å². The van der Waals surface area contributed by atoms with Gasteiger partial charge in [0.2, 0.25) is 23.6 Å². The number of aromatic amines is 1. The van der Waals surface area contributed by atoms with Crippen LogP contribution in [0.25, 0.3) is 0 Å². The maximum Gasteiger partial charge on any atom is 0.326 e. The van der Waals surface area contributed by atoms with Crippen LogP contribution in [0.5, 0.6) is 0 Å². The Morgan fingerprint density at radius 1 is 1.05 bits per heavy atom. The van der Waals surface area contributed by atoms with Crippen LogP contribution in [0.1, 0.15) is 51.3 Å². The molecule has 228 valence electrons. The number of hydrogen-bond acceptors (Lipinski definition) is 7. The minimum atomic E-state index is -1.18. The summed E-state index contributed by atoms with van der Waals surface area (Å²) in [7, 11) is 0. The van der Waals surface area contributed by atoms with E-state index in [1.807, 2.05) is 19.9 Å². The van der Waals surface area contributed by atoms with Crippen molar-refractivity contribution in [3.8, 4) is 0 Å². The lowest BCUT2D eigenvalue weighted by Crippen LogP contribution is -2.59. The minimum Gasteiger partial charge on any atom is -0.480 e. The van der Waals surface area contributed by atoms with Gasteiger partial charge in [0.05, 0.1) is 12.4 Å². The summed E-state index contributed by atoms with van der Waals surface area (Å²) >= 11 is 0. The number of aromatic nitrogens is 2. The van der Waals surface area contributed by atoms with Crippen molar-refractivity contribution < 1.29 is 29.1 Å². The average molecular weight is 584 g/mol. The molecule has 6 atom stereocenters. The van der Waals surface area contributed by atoms with Crippen molar-refractivity contribution in [3.63, 3.8) is 0 Å². The predicted octanol–water partition coefficient (Wildman–Crippen LogP) is 0.118. The number of aliphatic carboxylic acids is 1. The number of carboxylic acids is 1. The Hall–Kier alpha value is -4.26. The second kappa shape index (κ2) is 15.1. The van der Waals surface area contributed by atoms with Gasteiger partial charge in [0, 0.05) is 31.3 Å². The van der Waals surface area contributed by atoms with E-state index in [0.717, 1.165) is 5.56 Å². The number of benzene rings is 1. The van der Waals surface area contributed by atoms with Gasteiger partial charge < -0.3 is 36.7 Å². The quantitative estimate of drug-likeness (QED) is 0.180. The number of likely N-dealkylation sites (tertiary alicyclic amines) is 1. The number of carbonyl (C=O) groups excluding carboxylic acids is 4. The van der Waals surface area contributed by atoms with Gasteiger partial charge in [-0.1, -0.05) is 50.6 Å². The zero-order chi connectivity index (χ0) is 30.8. The van der Waals surface area contributed by atoms with Crippen LogP contribution in [0.3, 0.4) is 0 Å². The highest BCUT2D eigenvalue weighted by Gasteiger charge is 2.40. The molecule has 13 nitrogen and oxygen atoms in total. The first-order valence-corrected chi connectivity index (χ1v) is 14.2. The number of nitrogens with zero attached hydrogens (tertiary/aromatic N) is 2. The molecule has 13 heteroatoms. The number of amides is 4. The summed E-state index contributed by atoms with van der Waals surface area (Å²) in [6.45, 7) is 5.47. The van der Waals surface area contributed by atoms with E-state index in [1.165, 1.54) is 24.3 Å². The van der Waals surface area contributed by atoms with Crippen molar-refractivity contribution in [2.24, 2.45) is 11.7 Å². The summed E-state index contributed by atoms with van der Waals surface area (Å²) in [5.41, 5.74) is 7.03. The molecule has 2 heterocycles. The van der Waals surface area contributed by atoms with Crippen LogP contribution in [-0.2, 0) is 36.8 Å². The van der Waals surface area contributed by atoms with E-state index in [1.54, 1.807) is 24.3 Å². The minimum absolute atomic E-state index is 0.0651. The van der Waals surface area contributed by atoms with Crippen molar-refractivity contribution in [1.29, 1.82) is 0 Å². The number of H-pyrrole nitrogens is 1. The summed E-state index contributed by atoms with van der Waals surface area (Å²) in [4.78, 5) is 73.3. The van der Waals surface area contributed by atoms with Crippen LogP contribution in [-0.4, -0.2) is 86.3 Å². The molecule has 1 aliphatic rings. The van der Waals surface area contributed by atoms with Gasteiger partial charge in [-0.15, -0.1) is 0 Å². The Morgan fingerprint density at radius 2 is 1.76 bits per heavy atom. The zero-order valence-electron chi connectivity index (χ0n) is 24.2. The molecule has 1 aliphatic heterocycles. The standard InChI is InChI=1S/C29H41N7O6/c1-4-17(2)24(35-25(37)18(3)30)27(39)33-21(14-20-15-31-16-32-20)28(40)36-12-8-11-23(36)26(38)34-22(29(41)42)13-19-9-6-5-7-10-19/h5-7,9-10,15-18,21-24H,4,8,11-14,30H2,1-3H3,(H,31,32)(H,33,39)(H,34,38)(H,35,37)(H,41,42)/t17-,18-,21-,22-,23-,24-/m0/s1. The first-order chi connectivity index (χ1) is 20.0.